The van der Waals surface area contributed by atoms with Crippen molar-refractivity contribution in [3.8, 4) is 5.88 Å². The molecule has 0 spiro atoms. The second-order valence-corrected chi connectivity index (χ2v) is 8.21. The van der Waals surface area contributed by atoms with Crippen molar-refractivity contribution in [2.24, 2.45) is 5.14 Å². The summed E-state index contributed by atoms with van der Waals surface area (Å²) in [5, 5.41) is 4.78. The van der Waals surface area contributed by atoms with Crippen molar-refractivity contribution in [2.75, 3.05) is 7.11 Å². The van der Waals surface area contributed by atoms with Gasteiger partial charge in [0.1, 0.15) is 14.9 Å². The van der Waals surface area contributed by atoms with Gasteiger partial charge in [0.05, 0.1) is 7.11 Å². The Bertz CT molecular complexity index is 888. The molecular formula is C11H11Cl2N3O5S2. The summed E-state index contributed by atoms with van der Waals surface area (Å²) < 4.78 is 47.8. The largest absolute Gasteiger partial charge is 0.480 e. The number of hydrogen-bond acceptors (Lipinski definition) is 7. The average Bonchev–Trinajstić information content (AvgIpc) is 2.46. The third kappa shape index (κ3) is 5.92. The van der Waals surface area contributed by atoms with Crippen molar-refractivity contribution < 1.29 is 21.6 Å². The zero-order valence-corrected chi connectivity index (χ0v) is 14.7. The minimum atomic E-state index is -3.76. The molecule has 0 amide bonds. The molecule has 0 aliphatic carbocycles. The van der Waals surface area contributed by atoms with Crippen LogP contribution in [0.1, 0.15) is 0 Å². The summed E-state index contributed by atoms with van der Waals surface area (Å²) in [6.45, 7) is 0. The number of aromatic nitrogens is 2. The molecule has 0 aliphatic heterocycles. The highest BCUT2D eigenvalue weighted by molar-refractivity contribution is 8.13. The number of halogens is 2. The number of methoxy groups -OCH3 is 1. The van der Waals surface area contributed by atoms with Gasteiger partial charge in [-0.05, 0) is 24.3 Å². The van der Waals surface area contributed by atoms with E-state index in [1.54, 1.807) is 0 Å². The summed E-state index contributed by atoms with van der Waals surface area (Å²) in [6.07, 6.45) is 2.81. The van der Waals surface area contributed by atoms with Crippen LogP contribution in [0.2, 0.25) is 5.15 Å². The predicted molar refractivity (Wildman–Crippen MR) is 84.4 cm³/mol. The number of rotatable bonds is 3. The third-order valence-electron chi connectivity index (χ3n) is 2.22. The Morgan fingerprint density at radius 3 is 1.91 bits per heavy atom. The highest BCUT2D eigenvalue weighted by Gasteiger charge is 2.14. The van der Waals surface area contributed by atoms with Gasteiger partial charge in [-0.1, -0.05) is 11.6 Å². The first kappa shape index (κ1) is 19.6. The van der Waals surface area contributed by atoms with Crippen LogP contribution in [-0.4, -0.2) is 33.9 Å². The molecule has 0 saturated carbocycles. The van der Waals surface area contributed by atoms with Gasteiger partial charge in [0.15, 0.2) is 0 Å². The van der Waals surface area contributed by atoms with Crippen LogP contribution in [0, 0.1) is 0 Å². The van der Waals surface area contributed by atoms with Gasteiger partial charge < -0.3 is 4.74 Å². The minimum absolute atomic E-state index is 0.0139. The van der Waals surface area contributed by atoms with E-state index in [2.05, 4.69) is 9.97 Å². The molecule has 0 radical (unpaired) electrons. The molecule has 8 nitrogen and oxygen atoms in total. The molecule has 0 fully saturated rings. The highest BCUT2D eigenvalue weighted by atomic mass is 35.7. The molecule has 0 bridgehead atoms. The van der Waals surface area contributed by atoms with E-state index in [-0.39, 0.29) is 20.8 Å². The lowest BCUT2D eigenvalue weighted by atomic mass is 10.5. The molecule has 0 aliphatic rings. The molecule has 2 aromatic rings. The number of sulfonamides is 1. The number of primary sulfonamides is 1. The molecule has 2 N–H and O–H groups in total. The van der Waals surface area contributed by atoms with Crippen molar-refractivity contribution in [1.82, 2.24) is 9.97 Å². The minimum Gasteiger partial charge on any atom is -0.480 e. The predicted octanol–water partition coefficient (Wildman–Crippen LogP) is 1.40. The Balaban J connectivity index is 0.000000231. The Morgan fingerprint density at radius 2 is 1.57 bits per heavy atom. The SMILES string of the molecule is COc1ncccc1S(N)(=O)=O.O=S(=O)(Cl)c1cccnc1Cl. The maximum atomic E-state index is 10.9. The maximum absolute atomic E-state index is 10.9. The van der Waals surface area contributed by atoms with Gasteiger partial charge in [0.25, 0.3) is 9.05 Å². The molecule has 2 rings (SSSR count). The van der Waals surface area contributed by atoms with Crippen LogP contribution in [0.5, 0.6) is 5.88 Å². The van der Waals surface area contributed by atoms with E-state index in [0.717, 1.165) is 0 Å². The van der Waals surface area contributed by atoms with Crippen molar-refractivity contribution in [2.45, 2.75) is 9.79 Å². The van der Waals surface area contributed by atoms with Crippen LogP contribution in [0.15, 0.2) is 46.5 Å². The molecule has 2 heterocycles. The fourth-order valence-corrected chi connectivity index (χ4v) is 3.36. The third-order valence-corrected chi connectivity index (χ3v) is 4.91. The van der Waals surface area contributed by atoms with Crippen LogP contribution in [0.3, 0.4) is 0 Å². The summed E-state index contributed by atoms with van der Waals surface area (Å²) in [5.74, 6) is 0.0139. The number of nitrogens with two attached hydrogens (primary N) is 1. The molecule has 0 saturated heterocycles. The molecular weight excluding hydrogens is 389 g/mol. The van der Waals surface area contributed by atoms with Gasteiger partial charge in [-0.3, -0.25) is 0 Å². The second-order valence-electron chi connectivity index (χ2n) is 3.79. The van der Waals surface area contributed by atoms with Crippen molar-refractivity contribution in [3.63, 3.8) is 0 Å². The molecule has 0 aromatic carbocycles. The topological polar surface area (TPSA) is 129 Å². The van der Waals surface area contributed by atoms with E-state index >= 15 is 0 Å². The van der Waals surface area contributed by atoms with Crippen molar-refractivity contribution in [3.05, 3.63) is 41.8 Å². The number of nitrogens with zero attached hydrogens (tertiary/aromatic N) is 2. The first-order valence-electron chi connectivity index (χ1n) is 5.64. The standard InChI is InChI=1S/C6H8N2O3S.C5H3Cl2NO2S/c1-11-6-5(12(7,9)10)3-2-4-8-6;6-5-4(11(7,9)10)2-1-3-8-5/h2-4H,1H3,(H2,7,9,10);1-3H. The quantitative estimate of drug-likeness (QED) is 0.609. The summed E-state index contributed by atoms with van der Waals surface area (Å²) in [6, 6.07) is 5.54. The Kier molecular flexibility index (Phi) is 6.71. The monoisotopic (exact) mass is 399 g/mol. The van der Waals surface area contributed by atoms with Gasteiger partial charge in [-0.25, -0.2) is 31.9 Å². The van der Waals surface area contributed by atoms with Crippen molar-refractivity contribution in [1.29, 1.82) is 0 Å². The van der Waals surface area contributed by atoms with E-state index in [1.807, 2.05) is 0 Å². The number of hydrogen-bond donors (Lipinski definition) is 1. The lowest BCUT2D eigenvalue weighted by molar-refractivity contribution is 0.385. The van der Waals surface area contributed by atoms with Crippen LogP contribution in [-0.2, 0) is 19.1 Å². The Labute approximate surface area is 142 Å². The van der Waals surface area contributed by atoms with E-state index in [0.29, 0.717) is 0 Å². The van der Waals surface area contributed by atoms with Gasteiger partial charge >= 0.3 is 0 Å². The molecule has 12 heteroatoms. The fraction of sp³-hybridized carbons (Fsp3) is 0.0909. The Morgan fingerprint density at radius 1 is 1.04 bits per heavy atom. The number of ether oxygens (including phenoxy) is 1. The second kappa shape index (κ2) is 7.88. The van der Waals surface area contributed by atoms with E-state index in [4.69, 9.17) is 32.2 Å². The number of pyridine rings is 2. The van der Waals surface area contributed by atoms with Crippen molar-refractivity contribution >= 4 is 41.4 Å². The lowest BCUT2D eigenvalue weighted by Gasteiger charge is -2.02. The zero-order chi connectivity index (χ0) is 17.7. The zero-order valence-electron chi connectivity index (χ0n) is 11.5. The summed E-state index contributed by atoms with van der Waals surface area (Å²) in [4.78, 5) is 6.96. The first-order valence-corrected chi connectivity index (χ1v) is 9.87. The Hall–Kier alpha value is -1.46. The molecule has 23 heavy (non-hydrogen) atoms. The van der Waals surface area contributed by atoms with Gasteiger partial charge in [0.2, 0.25) is 15.9 Å². The fourth-order valence-electron chi connectivity index (χ4n) is 1.30. The van der Waals surface area contributed by atoms with Gasteiger partial charge in [0, 0.05) is 23.1 Å². The van der Waals surface area contributed by atoms with E-state index in [9.17, 15) is 16.8 Å². The van der Waals surface area contributed by atoms with E-state index < -0.39 is 19.1 Å². The van der Waals surface area contributed by atoms with Crippen LogP contribution >= 0.6 is 22.3 Å². The van der Waals surface area contributed by atoms with Crippen LogP contribution in [0.25, 0.3) is 0 Å². The normalized spacial score (nSPS) is 11.3. The van der Waals surface area contributed by atoms with Crippen LogP contribution in [0.4, 0.5) is 0 Å². The van der Waals surface area contributed by atoms with E-state index in [1.165, 1.54) is 43.8 Å². The molecule has 0 atom stereocenters. The maximum Gasteiger partial charge on any atom is 0.264 e. The lowest BCUT2D eigenvalue weighted by Crippen LogP contribution is -2.13. The van der Waals surface area contributed by atoms with Gasteiger partial charge in [-0.15, -0.1) is 0 Å². The average molecular weight is 400 g/mol. The molecule has 0 unspecified atom stereocenters. The first-order chi connectivity index (χ1) is 10.6. The highest BCUT2D eigenvalue weighted by Crippen LogP contribution is 2.21. The molecule has 126 valence electrons. The van der Waals surface area contributed by atoms with Crippen LogP contribution < -0.4 is 9.88 Å². The molecule has 2 aromatic heterocycles. The summed E-state index contributed by atoms with van der Waals surface area (Å²) >= 11 is 5.43. The summed E-state index contributed by atoms with van der Waals surface area (Å²) in [5.41, 5.74) is 0. The smallest absolute Gasteiger partial charge is 0.264 e. The summed E-state index contributed by atoms with van der Waals surface area (Å²) in [7, 11) is -1.15. The van der Waals surface area contributed by atoms with Gasteiger partial charge in [-0.2, -0.15) is 0 Å².